The zero-order valence-electron chi connectivity index (χ0n) is 12.7. The maximum Gasteiger partial charge on any atom is 0.254 e. The number of nitrogens with zero attached hydrogens (tertiary/aromatic N) is 2. The molecular weight excluding hydrogens is 271 g/mol. The Hall–Kier alpha value is -1.69. The largest absolute Gasteiger partial charge is 0.371 e. The highest BCUT2D eigenvalue weighted by atomic mass is 19.1. The number of carbonyl (C=O) groups excluding carboxylic acids is 1. The van der Waals surface area contributed by atoms with Crippen molar-refractivity contribution in [3.8, 4) is 0 Å². The van der Waals surface area contributed by atoms with Crippen LogP contribution in [0.1, 0.15) is 36.5 Å². The number of piperidine rings is 1. The SMILES string of the molecule is CCCN1CCC(NC(=O)c2ccnc(NC)c2F)CC1. The lowest BCUT2D eigenvalue weighted by Crippen LogP contribution is -2.45. The quantitative estimate of drug-likeness (QED) is 0.870. The predicted octanol–water partition coefficient (Wildman–Crippen LogP) is 1.87. The molecule has 5 nitrogen and oxygen atoms in total. The van der Waals surface area contributed by atoms with E-state index >= 15 is 0 Å². The van der Waals surface area contributed by atoms with Gasteiger partial charge in [-0.2, -0.15) is 0 Å². The molecule has 0 radical (unpaired) electrons. The zero-order chi connectivity index (χ0) is 15.2. The van der Waals surface area contributed by atoms with E-state index in [0.29, 0.717) is 0 Å². The highest BCUT2D eigenvalue weighted by Crippen LogP contribution is 2.16. The third kappa shape index (κ3) is 3.91. The lowest BCUT2D eigenvalue weighted by Gasteiger charge is -2.32. The molecule has 0 aliphatic carbocycles. The summed E-state index contributed by atoms with van der Waals surface area (Å²) in [4.78, 5) is 18.4. The van der Waals surface area contributed by atoms with E-state index in [9.17, 15) is 9.18 Å². The molecule has 1 aromatic rings. The monoisotopic (exact) mass is 294 g/mol. The molecule has 1 saturated heterocycles. The fraction of sp³-hybridized carbons (Fsp3) is 0.600. The van der Waals surface area contributed by atoms with Crippen LogP contribution in [0.5, 0.6) is 0 Å². The second-order valence-corrected chi connectivity index (χ2v) is 5.36. The molecule has 2 heterocycles. The van der Waals surface area contributed by atoms with Gasteiger partial charge in [0.05, 0.1) is 5.56 Å². The van der Waals surface area contributed by atoms with Crippen molar-refractivity contribution in [2.24, 2.45) is 0 Å². The average molecular weight is 294 g/mol. The molecule has 2 rings (SSSR count). The lowest BCUT2D eigenvalue weighted by atomic mass is 10.0. The number of pyridine rings is 1. The minimum atomic E-state index is -0.596. The number of halogens is 1. The third-order valence-corrected chi connectivity index (χ3v) is 3.83. The first-order chi connectivity index (χ1) is 10.2. The molecule has 0 atom stereocenters. The number of hydrogen-bond donors (Lipinski definition) is 2. The highest BCUT2D eigenvalue weighted by Gasteiger charge is 2.22. The molecular formula is C15H23FN4O. The number of rotatable bonds is 5. The maximum absolute atomic E-state index is 14.0. The number of likely N-dealkylation sites (tertiary alicyclic amines) is 1. The Morgan fingerprint density at radius 3 is 2.81 bits per heavy atom. The van der Waals surface area contributed by atoms with E-state index in [1.807, 2.05) is 0 Å². The predicted molar refractivity (Wildman–Crippen MR) is 81.0 cm³/mol. The minimum Gasteiger partial charge on any atom is -0.371 e. The molecule has 6 heteroatoms. The molecule has 1 aliphatic rings. The summed E-state index contributed by atoms with van der Waals surface area (Å²) in [6, 6.07) is 1.54. The van der Waals surface area contributed by atoms with Crippen LogP contribution in [0.4, 0.5) is 10.2 Å². The van der Waals surface area contributed by atoms with E-state index in [4.69, 9.17) is 0 Å². The van der Waals surface area contributed by atoms with Gasteiger partial charge in [0.15, 0.2) is 11.6 Å². The van der Waals surface area contributed by atoms with Gasteiger partial charge in [-0.1, -0.05) is 6.92 Å². The number of anilines is 1. The van der Waals surface area contributed by atoms with Crippen molar-refractivity contribution in [1.29, 1.82) is 0 Å². The first-order valence-corrected chi connectivity index (χ1v) is 7.51. The van der Waals surface area contributed by atoms with Crippen molar-refractivity contribution in [2.75, 3.05) is 32.0 Å². The van der Waals surface area contributed by atoms with Crippen LogP contribution in [0, 0.1) is 5.82 Å². The molecule has 0 spiro atoms. The van der Waals surface area contributed by atoms with Gasteiger partial charge in [-0.15, -0.1) is 0 Å². The van der Waals surface area contributed by atoms with Gasteiger partial charge in [-0.05, 0) is 31.9 Å². The molecule has 0 bridgehead atoms. The number of carbonyl (C=O) groups is 1. The summed E-state index contributed by atoms with van der Waals surface area (Å²) < 4.78 is 14.0. The second-order valence-electron chi connectivity index (χ2n) is 5.36. The summed E-state index contributed by atoms with van der Waals surface area (Å²) in [5, 5.41) is 5.57. The van der Waals surface area contributed by atoms with Gasteiger partial charge in [-0.25, -0.2) is 9.37 Å². The van der Waals surface area contributed by atoms with Crippen LogP contribution in [0.25, 0.3) is 0 Å². The van der Waals surface area contributed by atoms with Crippen molar-refractivity contribution in [2.45, 2.75) is 32.2 Å². The van der Waals surface area contributed by atoms with Crippen molar-refractivity contribution in [1.82, 2.24) is 15.2 Å². The van der Waals surface area contributed by atoms with E-state index in [1.165, 1.54) is 12.3 Å². The van der Waals surface area contributed by atoms with Gasteiger partial charge in [0.1, 0.15) is 0 Å². The Bertz CT molecular complexity index is 487. The summed E-state index contributed by atoms with van der Waals surface area (Å²) in [6.07, 6.45) is 4.41. The fourth-order valence-electron chi connectivity index (χ4n) is 2.67. The Morgan fingerprint density at radius 1 is 1.48 bits per heavy atom. The first kappa shape index (κ1) is 15.7. The number of hydrogen-bond acceptors (Lipinski definition) is 4. The van der Waals surface area contributed by atoms with E-state index in [1.54, 1.807) is 7.05 Å². The molecule has 1 amide bonds. The molecule has 0 unspecified atom stereocenters. The normalized spacial score (nSPS) is 16.7. The number of aromatic nitrogens is 1. The molecule has 0 aromatic carbocycles. The Balaban J connectivity index is 1.94. The molecule has 116 valence electrons. The van der Waals surface area contributed by atoms with Crippen molar-refractivity contribution in [3.63, 3.8) is 0 Å². The standard InChI is InChI=1S/C15H23FN4O/c1-3-8-20-9-5-11(6-10-20)19-15(21)12-4-7-18-14(17-2)13(12)16/h4,7,11H,3,5-6,8-10H2,1-2H3,(H,17,18)(H,19,21). The molecule has 1 fully saturated rings. The molecule has 1 aromatic heterocycles. The third-order valence-electron chi connectivity index (χ3n) is 3.83. The number of nitrogens with one attached hydrogen (secondary N) is 2. The van der Waals surface area contributed by atoms with Gasteiger partial charge in [0.25, 0.3) is 5.91 Å². The second kappa shape index (κ2) is 7.36. The van der Waals surface area contributed by atoms with Crippen molar-refractivity contribution in [3.05, 3.63) is 23.6 Å². The van der Waals surface area contributed by atoms with Crippen molar-refractivity contribution >= 4 is 11.7 Å². The van der Waals surface area contributed by atoms with Crippen LogP contribution in [0.3, 0.4) is 0 Å². The molecule has 1 aliphatic heterocycles. The topological polar surface area (TPSA) is 57.3 Å². The molecule has 2 N–H and O–H groups in total. The minimum absolute atomic E-state index is 0.0466. The van der Waals surface area contributed by atoms with Gasteiger partial charge in [0.2, 0.25) is 0 Å². The van der Waals surface area contributed by atoms with E-state index in [-0.39, 0.29) is 23.3 Å². The first-order valence-electron chi connectivity index (χ1n) is 7.51. The Kier molecular flexibility index (Phi) is 5.50. The van der Waals surface area contributed by atoms with E-state index < -0.39 is 5.82 Å². The summed E-state index contributed by atoms with van der Waals surface area (Å²) in [5.41, 5.74) is 0.0466. The lowest BCUT2D eigenvalue weighted by molar-refractivity contribution is 0.0907. The highest BCUT2D eigenvalue weighted by molar-refractivity contribution is 5.95. The van der Waals surface area contributed by atoms with Crippen LogP contribution in [-0.4, -0.2) is 48.5 Å². The average Bonchev–Trinajstić information content (AvgIpc) is 2.49. The summed E-state index contributed by atoms with van der Waals surface area (Å²) in [5.74, 6) is -0.860. The van der Waals surface area contributed by atoms with Gasteiger partial charge in [-0.3, -0.25) is 4.79 Å². The van der Waals surface area contributed by atoms with Crippen LogP contribution >= 0.6 is 0 Å². The van der Waals surface area contributed by atoms with Crippen LogP contribution in [-0.2, 0) is 0 Å². The van der Waals surface area contributed by atoms with Crippen LogP contribution in [0.2, 0.25) is 0 Å². The molecule has 0 saturated carbocycles. The fourth-order valence-corrected chi connectivity index (χ4v) is 2.67. The van der Waals surface area contributed by atoms with Gasteiger partial charge in [0, 0.05) is 32.4 Å². The smallest absolute Gasteiger partial charge is 0.254 e. The summed E-state index contributed by atoms with van der Waals surface area (Å²) in [6.45, 7) is 5.24. The van der Waals surface area contributed by atoms with E-state index in [0.717, 1.165) is 38.9 Å². The molecule has 21 heavy (non-hydrogen) atoms. The van der Waals surface area contributed by atoms with Crippen LogP contribution < -0.4 is 10.6 Å². The van der Waals surface area contributed by atoms with Crippen molar-refractivity contribution < 1.29 is 9.18 Å². The summed E-state index contributed by atoms with van der Waals surface area (Å²) >= 11 is 0. The Labute approximate surface area is 124 Å². The van der Waals surface area contributed by atoms with Crippen LogP contribution in [0.15, 0.2) is 12.3 Å². The van der Waals surface area contributed by atoms with Gasteiger partial charge >= 0.3 is 0 Å². The van der Waals surface area contributed by atoms with E-state index in [2.05, 4.69) is 27.4 Å². The van der Waals surface area contributed by atoms with Gasteiger partial charge < -0.3 is 15.5 Å². The number of amides is 1. The maximum atomic E-state index is 14.0. The Morgan fingerprint density at radius 2 is 2.19 bits per heavy atom. The summed E-state index contributed by atoms with van der Waals surface area (Å²) in [7, 11) is 1.58. The zero-order valence-corrected chi connectivity index (χ0v) is 12.7.